The summed E-state index contributed by atoms with van der Waals surface area (Å²) in [4.78, 5) is 28.5. The van der Waals surface area contributed by atoms with Crippen molar-refractivity contribution in [2.75, 3.05) is 6.54 Å². The normalized spacial score (nSPS) is 10.8. The monoisotopic (exact) mass is 326 g/mol. The molecule has 1 amide bonds. The second kappa shape index (κ2) is 6.57. The summed E-state index contributed by atoms with van der Waals surface area (Å²) in [6.45, 7) is 0.388. The molecule has 0 aliphatic rings. The molecule has 3 rings (SSSR count). The summed E-state index contributed by atoms with van der Waals surface area (Å²) in [5, 5.41) is 2.76. The van der Waals surface area contributed by atoms with E-state index in [9.17, 15) is 9.59 Å². The minimum atomic E-state index is -0.378. The predicted octanol–water partition coefficient (Wildman–Crippen LogP) is 1.35. The number of aromatic nitrogens is 3. The van der Waals surface area contributed by atoms with E-state index in [4.69, 9.17) is 4.42 Å². The first-order valence-corrected chi connectivity index (χ1v) is 7.56. The lowest BCUT2D eigenvalue weighted by Crippen LogP contribution is -2.33. The first-order valence-electron chi connectivity index (χ1n) is 7.56. The highest BCUT2D eigenvalue weighted by atomic mass is 16.3. The molecule has 0 radical (unpaired) electrons. The number of aryl methyl sites for hydroxylation is 2. The van der Waals surface area contributed by atoms with Crippen molar-refractivity contribution < 1.29 is 9.21 Å². The van der Waals surface area contributed by atoms with Crippen molar-refractivity contribution in [3.63, 3.8) is 0 Å². The van der Waals surface area contributed by atoms with E-state index in [-0.39, 0.29) is 17.0 Å². The third kappa shape index (κ3) is 3.15. The molecule has 0 atom stereocenters. The highest BCUT2D eigenvalue weighted by molar-refractivity contribution is 5.93. The third-order valence-corrected chi connectivity index (χ3v) is 3.75. The molecule has 0 aromatic carbocycles. The summed E-state index contributed by atoms with van der Waals surface area (Å²) in [5.41, 5.74) is 0.573. The van der Waals surface area contributed by atoms with Crippen LogP contribution in [0.4, 0.5) is 0 Å². The van der Waals surface area contributed by atoms with E-state index in [2.05, 4.69) is 10.3 Å². The van der Waals surface area contributed by atoms with Crippen LogP contribution in [-0.2, 0) is 20.5 Å². The molecule has 0 fully saturated rings. The first-order chi connectivity index (χ1) is 11.6. The molecule has 0 saturated carbocycles. The van der Waals surface area contributed by atoms with Crippen molar-refractivity contribution >= 4 is 5.91 Å². The molecule has 3 aromatic heterocycles. The van der Waals surface area contributed by atoms with Crippen LogP contribution in [0.15, 0.2) is 52.1 Å². The maximum Gasteiger partial charge on any atom is 0.263 e. The number of furan rings is 1. The summed E-state index contributed by atoms with van der Waals surface area (Å²) < 4.78 is 8.60. The zero-order chi connectivity index (χ0) is 17.1. The van der Waals surface area contributed by atoms with Crippen LogP contribution in [0.1, 0.15) is 16.2 Å². The molecule has 1 N–H and O–H groups in total. The van der Waals surface area contributed by atoms with E-state index in [0.717, 1.165) is 11.5 Å². The van der Waals surface area contributed by atoms with Gasteiger partial charge in [0, 0.05) is 39.5 Å². The van der Waals surface area contributed by atoms with Crippen molar-refractivity contribution in [1.29, 1.82) is 0 Å². The average molecular weight is 326 g/mol. The summed E-state index contributed by atoms with van der Waals surface area (Å²) in [5.74, 6) is 1.15. The van der Waals surface area contributed by atoms with Gasteiger partial charge in [-0.2, -0.15) is 0 Å². The Hall–Kier alpha value is -3.09. The Bertz CT molecular complexity index is 906. The maximum absolute atomic E-state index is 12.1. The van der Waals surface area contributed by atoms with Gasteiger partial charge in [0.2, 0.25) is 0 Å². The highest BCUT2D eigenvalue weighted by Gasteiger charge is 2.12. The fourth-order valence-electron chi connectivity index (χ4n) is 2.43. The Labute approximate surface area is 138 Å². The SMILES string of the molecule is Cn1cc(-c2ccco2)nc1CCNC(=O)c1cccn(C)c1=O. The zero-order valence-electron chi connectivity index (χ0n) is 13.5. The lowest BCUT2D eigenvalue weighted by Gasteiger charge is -2.06. The Morgan fingerprint density at radius 3 is 2.83 bits per heavy atom. The minimum absolute atomic E-state index is 0.135. The molecule has 0 aliphatic carbocycles. The molecular weight excluding hydrogens is 308 g/mol. The fraction of sp³-hybridized carbons (Fsp3) is 0.235. The molecule has 7 heteroatoms. The van der Waals surface area contributed by atoms with Crippen LogP contribution >= 0.6 is 0 Å². The van der Waals surface area contributed by atoms with Gasteiger partial charge in [0.15, 0.2) is 5.76 Å². The molecular formula is C17H18N4O3. The molecule has 3 heterocycles. The molecule has 0 saturated heterocycles. The highest BCUT2D eigenvalue weighted by Crippen LogP contribution is 2.18. The van der Waals surface area contributed by atoms with Gasteiger partial charge in [-0.25, -0.2) is 4.98 Å². The van der Waals surface area contributed by atoms with Crippen molar-refractivity contribution in [1.82, 2.24) is 19.4 Å². The van der Waals surface area contributed by atoms with Crippen LogP contribution in [0.2, 0.25) is 0 Å². The number of nitrogens with one attached hydrogen (secondary N) is 1. The largest absolute Gasteiger partial charge is 0.463 e. The number of amides is 1. The number of nitrogens with zero attached hydrogens (tertiary/aromatic N) is 3. The summed E-state index contributed by atoms with van der Waals surface area (Å²) >= 11 is 0. The van der Waals surface area contributed by atoms with E-state index < -0.39 is 0 Å². The average Bonchev–Trinajstić information content (AvgIpc) is 3.20. The number of imidazole rings is 1. The van der Waals surface area contributed by atoms with E-state index in [1.54, 1.807) is 25.6 Å². The Kier molecular flexibility index (Phi) is 4.33. The molecule has 0 aliphatic heterocycles. The van der Waals surface area contributed by atoms with Gasteiger partial charge in [-0.3, -0.25) is 9.59 Å². The van der Waals surface area contributed by atoms with Gasteiger partial charge in [-0.05, 0) is 24.3 Å². The number of carbonyl (C=O) groups excluding carboxylic acids is 1. The molecule has 7 nitrogen and oxygen atoms in total. The molecule has 0 bridgehead atoms. The predicted molar refractivity (Wildman–Crippen MR) is 88.6 cm³/mol. The number of carbonyl (C=O) groups is 1. The Morgan fingerprint density at radius 1 is 1.25 bits per heavy atom. The van der Waals surface area contributed by atoms with Gasteiger partial charge in [0.25, 0.3) is 11.5 Å². The van der Waals surface area contributed by atoms with Gasteiger partial charge < -0.3 is 18.9 Å². The minimum Gasteiger partial charge on any atom is -0.463 e. The molecule has 24 heavy (non-hydrogen) atoms. The second-order valence-corrected chi connectivity index (χ2v) is 5.47. The summed E-state index contributed by atoms with van der Waals surface area (Å²) in [7, 11) is 3.51. The molecule has 0 unspecified atom stereocenters. The van der Waals surface area contributed by atoms with Crippen LogP contribution in [-0.4, -0.2) is 26.6 Å². The van der Waals surface area contributed by atoms with Gasteiger partial charge in [0.05, 0.1) is 6.26 Å². The topological polar surface area (TPSA) is 82.1 Å². The zero-order valence-corrected chi connectivity index (χ0v) is 13.5. The lowest BCUT2D eigenvalue weighted by molar-refractivity contribution is 0.0952. The van der Waals surface area contributed by atoms with Crippen LogP contribution in [0, 0.1) is 0 Å². The first kappa shape index (κ1) is 15.8. The Balaban J connectivity index is 1.63. The van der Waals surface area contributed by atoms with Crippen LogP contribution < -0.4 is 10.9 Å². The standard InChI is InChI=1S/C17H18N4O3/c1-20-9-3-5-12(17(20)23)16(22)18-8-7-15-19-13(11-21(15)2)14-6-4-10-24-14/h3-6,9-11H,7-8H2,1-2H3,(H,18,22). The van der Waals surface area contributed by atoms with Crippen molar-refractivity contribution in [2.45, 2.75) is 6.42 Å². The fourth-order valence-corrected chi connectivity index (χ4v) is 2.43. The van der Waals surface area contributed by atoms with Crippen LogP contribution in [0.5, 0.6) is 0 Å². The smallest absolute Gasteiger partial charge is 0.263 e. The van der Waals surface area contributed by atoms with E-state index in [1.807, 2.05) is 29.9 Å². The van der Waals surface area contributed by atoms with Gasteiger partial charge in [-0.1, -0.05) is 0 Å². The number of rotatable bonds is 5. The van der Waals surface area contributed by atoms with Gasteiger partial charge in [-0.15, -0.1) is 0 Å². The van der Waals surface area contributed by atoms with Crippen molar-refractivity contribution in [3.05, 3.63) is 64.7 Å². The van der Waals surface area contributed by atoms with Crippen LogP contribution in [0.3, 0.4) is 0 Å². The second-order valence-electron chi connectivity index (χ2n) is 5.47. The number of hydrogen-bond acceptors (Lipinski definition) is 4. The Morgan fingerprint density at radius 2 is 2.08 bits per heavy atom. The summed E-state index contributed by atoms with van der Waals surface area (Å²) in [6, 6.07) is 6.85. The van der Waals surface area contributed by atoms with E-state index >= 15 is 0 Å². The molecule has 3 aromatic rings. The summed E-state index contributed by atoms with van der Waals surface area (Å²) in [6.07, 6.45) is 5.65. The quantitative estimate of drug-likeness (QED) is 0.767. The van der Waals surface area contributed by atoms with Gasteiger partial charge in [0.1, 0.15) is 17.1 Å². The van der Waals surface area contributed by atoms with Gasteiger partial charge >= 0.3 is 0 Å². The van der Waals surface area contributed by atoms with E-state index in [1.165, 1.54) is 10.6 Å². The van der Waals surface area contributed by atoms with Crippen molar-refractivity contribution in [2.24, 2.45) is 14.1 Å². The van der Waals surface area contributed by atoms with E-state index in [0.29, 0.717) is 18.7 Å². The number of hydrogen-bond donors (Lipinski definition) is 1. The van der Waals surface area contributed by atoms with Crippen molar-refractivity contribution in [3.8, 4) is 11.5 Å². The molecule has 124 valence electrons. The third-order valence-electron chi connectivity index (χ3n) is 3.75. The lowest BCUT2D eigenvalue weighted by atomic mass is 10.2. The maximum atomic E-state index is 12.1. The van der Waals surface area contributed by atoms with Crippen LogP contribution in [0.25, 0.3) is 11.5 Å². The number of pyridine rings is 1. The molecule has 0 spiro atoms.